The van der Waals surface area contributed by atoms with E-state index < -0.39 is 11.6 Å². The van der Waals surface area contributed by atoms with E-state index in [1.807, 2.05) is 0 Å². The van der Waals surface area contributed by atoms with E-state index in [1.54, 1.807) is 0 Å². The van der Waals surface area contributed by atoms with Gasteiger partial charge in [-0.1, -0.05) is 37.6 Å². The molecule has 0 radical (unpaired) electrons. The minimum Gasteiger partial charge on any atom is -0.207 e. The first kappa shape index (κ1) is 16.2. The van der Waals surface area contributed by atoms with Gasteiger partial charge in [0, 0.05) is 6.07 Å². The first-order chi connectivity index (χ1) is 11.2. The molecule has 0 spiro atoms. The summed E-state index contributed by atoms with van der Waals surface area (Å²) in [4.78, 5) is 0. The van der Waals surface area contributed by atoms with Crippen molar-refractivity contribution in [3.05, 3.63) is 70.8 Å². The van der Waals surface area contributed by atoms with Crippen LogP contribution in [-0.2, 0) is 6.42 Å². The first-order valence-corrected chi connectivity index (χ1v) is 8.70. The van der Waals surface area contributed by atoms with E-state index in [9.17, 15) is 8.78 Å². The van der Waals surface area contributed by atoms with Gasteiger partial charge >= 0.3 is 0 Å². The van der Waals surface area contributed by atoms with Crippen LogP contribution in [0.25, 0.3) is 0 Å². The maximum Gasteiger partial charge on any atom is 0.126 e. The smallest absolute Gasteiger partial charge is 0.126 e. The molecule has 0 amide bonds. The molecule has 0 unspecified atom stereocenters. The summed E-state index contributed by atoms with van der Waals surface area (Å²) in [6.45, 7) is 2.20. The summed E-state index contributed by atoms with van der Waals surface area (Å²) in [6.07, 6.45) is 6.51. The minimum atomic E-state index is -0.464. The topological polar surface area (TPSA) is 0 Å². The zero-order valence-electron chi connectivity index (χ0n) is 13.7. The van der Waals surface area contributed by atoms with Crippen LogP contribution in [-0.4, -0.2) is 0 Å². The molecule has 1 aliphatic rings. The van der Waals surface area contributed by atoms with Crippen molar-refractivity contribution in [2.24, 2.45) is 0 Å². The maximum atomic E-state index is 13.4. The monoisotopic (exact) mass is 314 g/mol. The number of hydrogen-bond donors (Lipinski definition) is 0. The van der Waals surface area contributed by atoms with Crippen LogP contribution in [0, 0.1) is 11.6 Å². The van der Waals surface area contributed by atoms with Crippen molar-refractivity contribution in [2.75, 3.05) is 0 Å². The number of benzene rings is 2. The summed E-state index contributed by atoms with van der Waals surface area (Å²) in [5.41, 5.74) is 3.63. The fourth-order valence-corrected chi connectivity index (χ4v) is 3.82. The number of rotatable bonds is 4. The van der Waals surface area contributed by atoms with Gasteiger partial charge in [-0.25, -0.2) is 8.78 Å². The minimum absolute atomic E-state index is 0.288. The lowest BCUT2D eigenvalue weighted by Gasteiger charge is -2.29. The van der Waals surface area contributed by atoms with E-state index in [1.165, 1.54) is 29.7 Å². The van der Waals surface area contributed by atoms with Gasteiger partial charge in [0.2, 0.25) is 0 Å². The summed E-state index contributed by atoms with van der Waals surface area (Å²) in [5.74, 6) is -0.0570. The summed E-state index contributed by atoms with van der Waals surface area (Å²) in [7, 11) is 0. The molecule has 0 N–H and O–H groups in total. The Morgan fingerprint density at radius 1 is 0.783 bits per heavy atom. The normalized spacial score (nSPS) is 21.3. The van der Waals surface area contributed by atoms with Crippen LogP contribution in [0.3, 0.4) is 0 Å². The molecule has 2 aromatic rings. The standard InChI is InChI=1S/C21H24F2/c1-2-3-15-4-6-16(7-5-15)17-8-10-18(11-9-17)19-12-20(22)14-21(23)13-19/h4-7,12-14,17-18H,2-3,8-11H2,1H3. The lowest BCUT2D eigenvalue weighted by molar-refractivity contribution is 0.394. The van der Waals surface area contributed by atoms with Crippen molar-refractivity contribution in [1.82, 2.24) is 0 Å². The molecule has 23 heavy (non-hydrogen) atoms. The Bertz CT molecular complexity index is 617. The third kappa shape index (κ3) is 3.99. The van der Waals surface area contributed by atoms with E-state index >= 15 is 0 Å². The fourth-order valence-electron chi connectivity index (χ4n) is 3.82. The molecule has 1 fully saturated rings. The third-order valence-electron chi connectivity index (χ3n) is 5.07. The van der Waals surface area contributed by atoms with Gasteiger partial charge in [-0.15, -0.1) is 0 Å². The van der Waals surface area contributed by atoms with Crippen LogP contribution in [0.1, 0.15) is 67.6 Å². The molecule has 1 aliphatic carbocycles. The number of aryl methyl sites for hydroxylation is 1. The van der Waals surface area contributed by atoms with Gasteiger partial charge in [-0.3, -0.25) is 0 Å². The van der Waals surface area contributed by atoms with Crippen molar-refractivity contribution in [3.63, 3.8) is 0 Å². The molecule has 0 aromatic heterocycles. The van der Waals surface area contributed by atoms with E-state index in [-0.39, 0.29) is 5.92 Å². The molecular formula is C21H24F2. The van der Waals surface area contributed by atoms with Gasteiger partial charge in [0.05, 0.1) is 0 Å². The molecule has 0 saturated heterocycles. The Balaban J connectivity index is 1.63. The number of hydrogen-bond acceptors (Lipinski definition) is 0. The van der Waals surface area contributed by atoms with E-state index in [2.05, 4.69) is 31.2 Å². The molecule has 122 valence electrons. The van der Waals surface area contributed by atoms with Crippen LogP contribution >= 0.6 is 0 Å². The molecular weight excluding hydrogens is 290 g/mol. The first-order valence-electron chi connectivity index (χ1n) is 8.70. The Morgan fingerprint density at radius 2 is 1.30 bits per heavy atom. The maximum absolute atomic E-state index is 13.4. The molecule has 0 nitrogen and oxygen atoms in total. The van der Waals surface area contributed by atoms with Crippen LogP contribution < -0.4 is 0 Å². The van der Waals surface area contributed by atoms with Crippen molar-refractivity contribution in [2.45, 2.75) is 57.3 Å². The summed E-state index contributed by atoms with van der Waals surface area (Å²) in [6, 6.07) is 12.9. The molecule has 0 aliphatic heterocycles. The zero-order chi connectivity index (χ0) is 16.2. The highest BCUT2D eigenvalue weighted by atomic mass is 19.1. The van der Waals surface area contributed by atoms with Gasteiger partial charge in [-0.05, 0) is 72.8 Å². The van der Waals surface area contributed by atoms with Crippen molar-refractivity contribution in [1.29, 1.82) is 0 Å². The average Bonchev–Trinajstić information content (AvgIpc) is 2.55. The van der Waals surface area contributed by atoms with Crippen LogP contribution in [0.5, 0.6) is 0 Å². The fraction of sp³-hybridized carbons (Fsp3) is 0.429. The summed E-state index contributed by atoms with van der Waals surface area (Å²) in [5, 5.41) is 0. The predicted octanol–water partition coefficient (Wildman–Crippen LogP) is 6.36. The highest BCUT2D eigenvalue weighted by Gasteiger charge is 2.24. The highest BCUT2D eigenvalue weighted by molar-refractivity contribution is 5.27. The molecule has 2 heteroatoms. The largest absolute Gasteiger partial charge is 0.207 e. The molecule has 0 atom stereocenters. The SMILES string of the molecule is CCCc1ccc(C2CCC(c3cc(F)cc(F)c3)CC2)cc1. The van der Waals surface area contributed by atoms with Crippen LogP contribution in [0.15, 0.2) is 42.5 Å². The molecule has 0 heterocycles. The van der Waals surface area contributed by atoms with E-state index in [0.717, 1.165) is 43.7 Å². The van der Waals surface area contributed by atoms with E-state index in [0.29, 0.717) is 5.92 Å². The Labute approximate surface area is 137 Å². The quantitative estimate of drug-likeness (QED) is 0.616. The molecule has 3 rings (SSSR count). The van der Waals surface area contributed by atoms with Crippen molar-refractivity contribution >= 4 is 0 Å². The Hall–Kier alpha value is -1.70. The van der Waals surface area contributed by atoms with Gasteiger partial charge in [-0.2, -0.15) is 0 Å². The lowest BCUT2D eigenvalue weighted by Crippen LogP contribution is -2.12. The third-order valence-corrected chi connectivity index (χ3v) is 5.07. The molecule has 2 aromatic carbocycles. The molecule has 0 bridgehead atoms. The summed E-state index contributed by atoms with van der Waals surface area (Å²) >= 11 is 0. The molecule has 1 saturated carbocycles. The van der Waals surface area contributed by atoms with Crippen LogP contribution in [0.4, 0.5) is 8.78 Å². The van der Waals surface area contributed by atoms with Gasteiger partial charge in [0.25, 0.3) is 0 Å². The van der Waals surface area contributed by atoms with Crippen molar-refractivity contribution in [3.8, 4) is 0 Å². The van der Waals surface area contributed by atoms with Gasteiger partial charge in [0.15, 0.2) is 0 Å². The second kappa shape index (κ2) is 7.25. The van der Waals surface area contributed by atoms with Crippen molar-refractivity contribution < 1.29 is 8.78 Å². The van der Waals surface area contributed by atoms with Gasteiger partial charge < -0.3 is 0 Å². The van der Waals surface area contributed by atoms with Crippen LogP contribution in [0.2, 0.25) is 0 Å². The van der Waals surface area contributed by atoms with Gasteiger partial charge in [0.1, 0.15) is 11.6 Å². The Morgan fingerprint density at radius 3 is 1.83 bits per heavy atom. The summed E-state index contributed by atoms with van der Waals surface area (Å²) < 4.78 is 26.8. The highest BCUT2D eigenvalue weighted by Crippen LogP contribution is 2.40. The van der Waals surface area contributed by atoms with E-state index in [4.69, 9.17) is 0 Å². The number of halogens is 2. The second-order valence-corrected chi connectivity index (χ2v) is 6.74. The Kier molecular flexibility index (Phi) is 5.09. The second-order valence-electron chi connectivity index (χ2n) is 6.74. The lowest BCUT2D eigenvalue weighted by atomic mass is 9.76. The zero-order valence-corrected chi connectivity index (χ0v) is 13.7. The average molecular weight is 314 g/mol. The predicted molar refractivity (Wildman–Crippen MR) is 90.7 cm³/mol.